The van der Waals surface area contributed by atoms with Gasteiger partial charge in [-0.25, -0.2) is 0 Å². The molecule has 2 heteroatoms. The van der Waals surface area contributed by atoms with Gasteiger partial charge in [-0.3, -0.25) is 4.90 Å². The average Bonchev–Trinajstić information content (AvgIpc) is 2.35. The predicted octanol–water partition coefficient (Wildman–Crippen LogP) is 3.66. The molecule has 0 fully saturated rings. The van der Waals surface area contributed by atoms with E-state index < -0.39 is 0 Å². The molecule has 0 radical (unpaired) electrons. The number of rotatable bonds is 6. The van der Waals surface area contributed by atoms with Gasteiger partial charge in [-0.2, -0.15) is 0 Å². The van der Waals surface area contributed by atoms with Gasteiger partial charge in [0, 0.05) is 6.54 Å². The molecular formula is C15H25NO. The van der Waals surface area contributed by atoms with Gasteiger partial charge < -0.3 is 4.74 Å². The molecule has 0 aliphatic rings. The van der Waals surface area contributed by atoms with E-state index >= 15 is 0 Å². The maximum absolute atomic E-state index is 5.48. The monoisotopic (exact) mass is 235 g/mol. The SMILES string of the molecule is CCN(CC)Cc1ccc(C(C)C)c(OC)c1. The van der Waals surface area contributed by atoms with E-state index in [-0.39, 0.29) is 0 Å². The summed E-state index contributed by atoms with van der Waals surface area (Å²) in [7, 11) is 1.75. The van der Waals surface area contributed by atoms with Crippen molar-refractivity contribution in [2.45, 2.75) is 40.2 Å². The first kappa shape index (κ1) is 14.0. The second kappa shape index (κ2) is 6.65. The summed E-state index contributed by atoms with van der Waals surface area (Å²) in [6, 6.07) is 6.59. The van der Waals surface area contributed by atoms with E-state index in [2.05, 4.69) is 50.8 Å². The van der Waals surface area contributed by atoms with Crippen molar-refractivity contribution < 1.29 is 4.74 Å². The molecule has 2 nitrogen and oxygen atoms in total. The first-order valence-corrected chi connectivity index (χ1v) is 6.51. The van der Waals surface area contributed by atoms with Gasteiger partial charge >= 0.3 is 0 Å². The zero-order valence-corrected chi connectivity index (χ0v) is 11.8. The summed E-state index contributed by atoms with van der Waals surface area (Å²) < 4.78 is 5.48. The molecule has 0 heterocycles. The highest BCUT2D eigenvalue weighted by atomic mass is 16.5. The Kier molecular flexibility index (Phi) is 5.49. The number of nitrogens with zero attached hydrogens (tertiary/aromatic N) is 1. The lowest BCUT2D eigenvalue weighted by molar-refractivity contribution is 0.295. The lowest BCUT2D eigenvalue weighted by Crippen LogP contribution is -2.22. The quantitative estimate of drug-likeness (QED) is 0.746. The van der Waals surface area contributed by atoms with E-state index in [1.54, 1.807) is 7.11 Å². The summed E-state index contributed by atoms with van der Waals surface area (Å²) in [5, 5.41) is 0. The summed E-state index contributed by atoms with van der Waals surface area (Å²) >= 11 is 0. The standard InChI is InChI=1S/C15H25NO/c1-6-16(7-2)11-13-8-9-14(12(3)4)15(10-13)17-5/h8-10,12H,6-7,11H2,1-5H3. The molecule has 0 bridgehead atoms. The summed E-state index contributed by atoms with van der Waals surface area (Å²) in [6.07, 6.45) is 0. The average molecular weight is 235 g/mol. The van der Waals surface area contributed by atoms with Crippen molar-refractivity contribution in [3.63, 3.8) is 0 Å². The molecule has 0 unspecified atom stereocenters. The molecular weight excluding hydrogens is 210 g/mol. The smallest absolute Gasteiger partial charge is 0.122 e. The van der Waals surface area contributed by atoms with E-state index in [9.17, 15) is 0 Å². The molecule has 0 saturated carbocycles. The van der Waals surface area contributed by atoms with E-state index in [4.69, 9.17) is 4.74 Å². The predicted molar refractivity (Wildman–Crippen MR) is 73.7 cm³/mol. The lowest BCUT2D eigenvalue weighted by Gasteiger charge is -2.19. The van der Waals surface area contributed by atoms with Crippen LogP contribution in [-0.4, -0.2) is 25.1 Å². The van der Waals surface area contributed by atoms with Gasteiger partial charge in [0.2, 0.25) is 0 Å². The Labute approximate surface area is 106 Å². The summed E-state index contributed by atoms with van der Waals surface area (Å²) in [6.45, 7) is 12.0. The minimum atomic E-state index is 0.507. The molecule has 17 heavy (non-hydrogen) atoms. The molecule has 1 rings (SSSR count). The molecule has 0 aliphatic heterocycles. The van der Waals surface area contributed by atoms with Crippen LogP contribution in [0.2, 0.25) is 0 Å². The first-order chi connectivity index (χ1) is 8.12. The number of methoxy groups -OCH3 is 1. The Morgan fingerprint density at radius 1 is 1.18 bits per heavy atom. The minimum Gasteiger partial charge on any atom is -0.496 e. The molecule has 0 N–H and O–H groups in total. The number of benzene rings is 1. The summed E-state index contributed by atoms with van der Waals surface area (Å²) in [5.74, 6) is 1.53. The molecule has 0 aliphatic carbocycles. The van der Waals surface area contributed by atoms with E-state index in [0.717, 1.165) is 25.4 Å². The van der Waals surface area contributed by atoms with Crippen LogP contribution in [-0.2, 0) is 6.54 Å². The second-order valence-corrected chi connectivity index (χ2v) is 4.69. The third-order valence-corrected chi connectivity index (χ3v) is 3.22. The molecule has 96 valence electrons. The third-order valence-electron chi connectivity index (χ3n) is 3.22. The topological polar surface area (TPSA) is 12.5 Å². The lowest BCUT2D eigenvalue weighted by atomic mass is 10.00. The van der Waals surface area contributed by atoms with Crippen LogP contribution in [0.1, 0.15) is 44.7 Å². The molecule has 1 aromatic rings. The van der Waals surface area contributed by atoms with Gasteiger partial charge in [-0.15, -0.1) is 0 Å². The highest BCUT2D eigenvalue weighted by Gasteiger charge is 2.09. The van der Waals surface area contributed by atoms with Gasteiger partial charge in [-0.05, 0) is 36.2 Å². The molecule has 0 spiro atoms. The first-order valence-electron chi connectivity index (χ1n) is 6.51. The van der Waals surface area contributed by atoms with Crippen LogP contribution in [0.5, 0.6) is 5.75 Å². The highest BCUT2D eigenvalue weighted by Crippen LogP contribution is 2.27. The number of ether oxygens (including phenoxy) is 1. The zero-order valence-electron chi connectivity index (χ0n) is 11.8. The zero-order chi connectivity index (χ0) is 12.8. The Morgan fingerprint density at radius 2 is 1.82 bits per heavy atom. The van der Waals surface area contributed by atoms with Crippen LogP contribution in [0.25, 0.3) is 0 Å². The molecule has 1 aromatic carbocycles. The van der Waals surface area contributed by atoms with Crippen LogP contribution in [0, 0.1) is 0 Å². The van der Waals surface area contributed by atoms with Crippen molar-refractivity contribution in [1.29, 1.82) is 0 Å². The molecule has 0 saturated heterocycles. The maximum Gasteiger partial charge on any atom is 0.122 e. The van der Waals surface area contributed by atoms with Crippen molar-refractivity contribution >= 4 is 0 Å². The van der Waals surface area contributed by atoms with E-state index in [1.807, 2.05) is 0 Å². The van der Waals surface area contributed by atoms with E-state index in [1.165, 1.54) is 11.1 Å². The fraction of sp³-hybridized carbons (Fsp3) is 0.600. The fourth-order valence-corrected chi connectivity index (χ4v) is 2.04. The number of hydrogen-bond donors (Lipinski definition) is 0. The largest absolute Gasteiger partial charge is 0.496 e. The van der Waals surface area contributed by atoms with Crippen LogP contribution >= 0.6 is 0 Å². The van der Waals surface area contributed by atoms with Crippen LogP contribution < -0.4 is 4.74 Å². The Morgan fingerprint density at radius 3 is 2.29 bits per heavy atom. The summed E-state index contributed by atoms with van der Waals surface area (Å²) in [5.41, 5.74) is 2.62. The molecule has 0 amide bonds. The van der Waals surface area contributed by atoms with Crippen molar-refractivity contribution in [1.82, 2.24) is 4.90 Å². The normalized spacial score (nSPS) is 11.2. The molecule has 0 atom stereocenters. The Bertz CT molecular complexity index is 343. The van der Waals surface area contributed by atoms with E-state index in [0.29, 0.717) is 5.92 Å². The van der Waals surface area contributed by atoms with Crippen molar-refractivity contribution in [2.75, 3.05) is 20.2 Å². The number of hydrogen-bond acceptors (Lipinski definition) is 2. The second-order valence-electron chi connectivity index (χ2n) is 4.69. The van der Waals surface area contributed by atoms with Gasteiger partial charge in [0.25, 0.3) is 0 Å². The van der Waals surface area contributed by atoms with Crippen LogP contribution in [0.15, 0.2) is 18.2 Å². The molecule has 0 aromatic heterocycles. The van der Waals surface area contributed by atoms with Crippen LogP contribution in [0.4, 0.5) is 0 Å². The van der Waals surface area contributed by atoms with Gasteiger partial charge in [0.05, 0.1) is 7.11 Å². The maximum atomic E-state index is 5.48. The van der Waals surface area contributed by atoms with Crippen molar-refractivity contribution in [3.05, 3.63) is 29.3 Å². The van der Waals surface area contributed by atoms with Gasteiger partial charge in [0.15, 0.2) is 0 Å². The highest BCUT2D eigenvalue weighted by molar-refractivity contribution is 5.39. The summed E-state index contributed by atoms with van der Waals surface area (Å²) in [4.78, 5) is 2.41. The van der Waals surface area contributed by atoms with Crippen LogP contribution in [0.3, 0.4) is 0 Å². The minimum absolute atomic E-state index is 0.507. The van der Waals surface area contributed by atoms with Crippen molar-refractivity contribution in [3.8, 4) is 5.75 Å². The van der Waals surface area contributed by atoms with Gasteiger partial charge in [0.1, 0.15) is 5.75 Å². The third kappa shape index (κ3) is 3.74. The Balaban J connectivity index is 2.89. The Hall–Kier alpha value is -1.02. The van der Waals surface area contributed by atoms with Gasteiger partial charge in [-0.1, -0.05) is 39.8 Å². The fourth-order valence-electron chi connectivity index (χ4n) is 2.04. The van der Waals surface area contributed by atoms with Crippen molar-refractivity contribution in [2.24, 2.45) is 0 Å².